The maximum atomic E-state index is 12.8. The van der Waals surface area contributed by atoms with E-state index in [2.05, 4.69) is 19.8 Å². The van der Waals surface area contributed by atoms with E-state index < -0.39 is 26.0 Å². The van der Waals surface area contributed by atoms with Crippen LogP contribution in [0.15, 0.2) is 63.1 Å². The van der Waals surface area contributed by atoms with Gasteiger partial charge in [-0.15, -0.1) is 4.40 Å². The van der Waals surface area contributed by atoms with Crippen molar-refractivity contribution in [2.45, 2.75) is 43.5 Å². The third-order valence-electron chi connectivity index (χ3n) is 6.61. The lowest BCUT2D eigenvalue weighted by atomic mass is 9.92. The molecule has 5 rings (SSSR count). The molecule has 1 saturated carbocycles. The van der Waals surface area contributed by atoms with Gasteiger partial charge in [0.15, 0.2) is 5.84 Å². The number of anilines is 2. The second kappa shape index (κ2) is 11.3. The zero-order valence-corrected chi connectivity index (χ0v) is 22.8. The molecule has 2 unspecified atom stereocenters. The van der Waals surface area contributed by atoms with Crippen LogP contribution in [0.5, 0.6) is 0 Å². The van der Waals surface area contributed by atoms with Crippen molar-refractivity contribution >= 4 is 43.2 Å². The number of carbonyl (C=O) groups excluding carboxylic acids is 1. The van der Waals surface area contributed by atoms with Gasteiger partial charge in [-0.25, -0.2) is 12.8 Å². The molecule has 0 radical (unpaired) electrons. The number of sulfonamides is 2. The fraction of sp³-hybridized carbons (Fsp3) is 0.360. The number of amides is 1. The van der Waals surface area contributed by atoms with E-state index in [1.165, 1.54) is 29.8 Å². The Morgan fingerprint density at radius 3 is 2.56 bits per heavy atom. The molecule has 1 aliphatic carbocycles. The summed E-state index contributed by atoms with van der Waals surface area (Å²) < 4.78 is 67.4. The smallest absolute Gasteiger partial charge is 0.286 e. The summed E-state index contributed by atoms with van der Waals surface area (Å²) in [6.07, 6.45) is 3.25. The van der Waals surface area contributed by atoms with Gasteiger partial charge in [0.1, 0.15) is 22.0 Å². The van der Waals surface area contributed by atoms with Crippen molar-refractivity contribution in [3.05, 3.63) is 65.2 Å². The topological polar surface area (TPSA) is 180 Å². The first-order valence-electron chi connectivity index (χ1n) is 12.4. The summed E-state index contributed by atoms with van der Waals surface area (Å²) in [7, 11) is -7.98. The molecule has 0 saturated heterocycles. The molecule has 39 heavy (non-hydrogen) atoms. The number of amidine groups is 1. The molecule has 2 atom stereocenters. The molecule has 3 aliphatic rings. The van der Waals surface area contributed by atoms with Gasteiger partial charge < -0.3 is 21.5 Å². The van der Waals surface area contributed by atoms with E-state index in [0.29, 0.717) is 6.42 Å². The molecule has 11 nitrogen and oxygen atoms in total. The van der Waals surface area contributed by atoms with Gasteiger partial charge in [0, 0.05) is 24.2 Å². The Labute approximate surface area is 226 Å². The minimum Gasteiger partial charge on any atom is -0.511 e. The molecule has 2 aliphatic heterocycles. The van der Waals surface area contributed by atoms with Gasteiger partial charge in [-0.3, -0.25) is 9.52 Å². The highest BCUT2D eigenvalue weighted by Gasteiger charge is 2.42. The summed E-state index contributed by atoms with van der Waals surface area (Å²) in [4.78, 5) is 12.3. The third-order valence-corrected chi connectivity index (χ3v) is 9.25. The lowest BCUT2D eigenvalue weighted by Crippen LogP contribution is -2.47. The molecule has 0 aromatic heterocycles. The number of aliphatic hydroxyl groups excluding tert-OH is 1. The zero-order chi connectivity index (χ0) is 28.4. The van der Waals surface area contributed by atoms with Gasteiger partial charge in [0.2, 0.25) is 10.0 Å². The van der Waals surface area contributed by atoms with Gasteiger partial charge >= 0.3 is 0 Å². The van der Waals surface area contributed by atoms with Crippen LogP contribution in [0.25, 0.3) is 0 Å². The number of nitrogens with zero attached hydrogens (tertiary/aromatic N) is 1. The van der Waals surface area contributed by atoms with Crippen LogP contribution in [-0.2, 0) is 31.3 Å². The standard InChI is InChI=1S/C17H21N5O6S2.C8H9F/c18-6-7-29(25,26)21-9-4-5-12-13(8-9)30(27,28)22-16(19-12)14-15(23)10-2-1-3-11(10)20-17(14)24;1-2-7-3-5-8(9)6-4-7/h4-5,8,10-11,21,23H,1-3,6-7,18H2,(H,19,22)(H,20,24);3-6H,2H2,1H3. The predicted octanol–water partition coefficient (Wildman–Crippen LogP) is 2.40. The minimum atomic E-state index is -4.26. The van der Waals surface area contributed by atoms with Crippen LogP contribution in [0.3, 0.4) is 0 Å². The molecular formula is C25H30FN5O6S2. The van der Waals surface area contributed by atoms with Gasteiger partial charge in [-0.1, -0.05) is 25.5 Å². The number of aryl methyl sites for hydroxylation is 1. The van der Waals surface area contributed by atoms with Gasteiger partial charge in [0.25, 0.3) is 15.9 Å². The minimum absolute atomic E-state index is 0.0393. The van der Waals surface area contributed by atoms with E-state index in [1.807, 2.05) is 6.92 Å². The lowest BCUT2D eigenvalue weighted by molar-refractivity contribution is -0.118. The number of carbonyl (C=O) groups is 1. The number of fused-ring (bicyclic) bond motifs is 2. The van der Waals surface area contributed by atoms with Crippen molar-refractivity contribution in [3.63, 3.8) is 0 Å². The van der Waals surface area contributed by atoms with Crippen molar-refractivity contribution < 1.29 is 31.1 Å². The number of rotatable bonds is 6. The Morgan fingerprint density at radius 2 is 1.90 bits per heavy atom. The van der Waals surface area contributed by atoms with Crippen molar-refractivity contribution in [2.24, 2.45) is 16.0 Å². The number of aliphatic hydroxyl groups is 1. The van der Waals surface area contributed by atoms with E-state index in [-0.39, 0.29) is 63.5 Å². The molecule has 2 aromatic rings. The highest BCUT2D eigenvalue weighted by molar-refractivity contribution is 7.92. The van der Waals surface area contributed by atoms with E-state index in [9.17, 15) is 31.1 Å². The van der Waals surface area contributed by atoms with Crippen molar-refractivity contribution in [3.8, 4) is 0 Å². The fourth-order valence-electron chi connectivity index (χ4n) is 4.67. The van der Waals surface area contributed by atoms with Crippen LogP contribution in [0.2, 0.25) is 0 Å². The number of hydrogen-bond donors (Lipinski definition) is 5. The van der Waals surface area contributed by atoms with Crippen LogP contribution in [0, 0.1) is 11.7 Å². The highest BCUT2D eigenvalue weighted by atomic mass is 32.2. The second-order valence-corrected chi connectivity index (χ2v) is 12.7. The van der Waals surface area contributed by atoms with Gasteiger partial charge in [-0.05, 0) is 55.2 Å². The predicted molar refractivity (Wildman–Crippen MR) is 146 cm³/mol. The highest BCUT2D eigenvalue weighted by Crippen LogP contribution is 2.37. The van der Waals surface area contributed by atoms with Gasteiger partial charge in [0.05, 0.1) is 11.4 Å². The summed E-state index contributed by atoms with van der Waals surface area (Å²) in [6, 6.07) is 10.3. The first-order chi connectivity index (χ1) is 18.4. The number of nitrogens with two attached hydrogens (primary N) is 1. The van der Waals surface area contributed by atoms with Crippen molar-refractivity contribution in [1.29, 1.82) is 0 Å². The Kier molecular flexibility index (Phi) is 8.28. The van der Waals surface area contributed by atoms with E-state index >= 15 is 0 Å². The van der Waals surface area contributed by atoms with Crippen LogP contribution in [-0.4, -0.2) is 52.0 Å². The lowest BCUT2D eigenvalue weighted by Gasteiger charge is -2.29. The molecule has 6 N–H and O–H groups in total. The largest absolute Gasteiger partial charge is 0.511 e. The molecule has 2 aromatic carbocycles. The molecule has 1 amide bonds. The Balaban J connectivity index is 0.000000333. The molecule has 2 heterocycles. The summed E-state index contributed by atoms with van der Waals surface area (Å²) in [5, 5.41) is 16.2. The van der Waals surface area contributed by atoms with Gasteiger partial charge in [-0.2, -0.15) is 8.42 Å². The summed E-state index contributed by atoms with van der Waals surface area (Å²) in [5.74, 6) is -1.77. The first-order valence-corrected chi connectivity index (χ1v) is 15.5. The monoisotopic (exact) mass is 579 g/mol. The quantitative estimate of drug-likeness (QED) is 0.346. The zero-order valence-electron chi connectivity index (χ0n) is 21.1. The van der Waals surface area contributed by atoms with Crippen LogP contribution in [0.1, 0.15) is 31.7 Å². The van der Waals surface area contributed by atoms with Crippen LogP contribution >= 0.6 is 0 Å². The maximum absolute atomic E-state index is 12.8. The van der Waals surface area contributed by atoms with Crippen LogP contribution in [0.4, 0.5) is 15.8 Å². The second-order valence-electron chi connectivity index (χ2n) is 9.32. The first kappa shape index (κ1) is 28.5. The molecular weight excluding hydrogens is 549 g/mol. The number of nitrogens with one attached hydrogen (secondary N) is 3. The molecule has 14 heteroatoms. The number of hydrogen-bond acceptors (Lipinski definition) is 8. The number of halogens is 1. The number of benzene rings is 2. The van der Waals surface area contributed by atoms with Crippen LogP contribution < -0.4 is 21.1 Å². The van der Waals surface area contributed by atoms with Crippen molar-refractivity contribution in [1.82, 2.24) is 5.32 Å². The summed E-state index contributed by atoms with van der Waals surface area (Å²) in [5.41, 5.74) is 6.40. The Hall–Kier alpha value is -3.49. The van der Waals surface area contributed by atoms with E-state index in [1.54, 1.807) is 12.1 Å². The normalized spacial score (nSPS) is 21.4. The van der Waals surface area contributed by atoms with E-state index in [4.69, 9.17) is 5.73 Å². The molecule has 210 valence electrons. The third kappa shape index (κ3) is 6.40. The Bertz CT molecular complexity index is 1540. The maximum Gasteiger partial charge on any atom is 0.286 e. The van der Waals surface area contributed by atoms with Crippen molar-refractivity contribution in [2.75, 3.05) is 22.3 Å². The molecule has 0 spiro atoms. The summed E-state index contributed by atoms with van der Waals surface area (Å²) in [6.45, 7) is 1.96. The average molecular weight is 580 g/mol. The molecule has 0 bridgehead atoms. The average Bonchev–Trinajstić information content (AvgIpc) is 3.33. The SMILES string of the molecule is CCc1ccc(F)cc1.NCCS(=O)(=O)Nc1ccc2c(c1)S(=O)(=O)N=C(C1=C(O)C3CCCC3NC1=O)N2. The molecule has 1 fully saturated rings. The Morgan fingerprint density at radius 1 is 1.18 bits per heavy atom. The summed E-state index contributed by atoms with van der Waals surface area (Å²) >= 11 is 0. The fourth-order valence-corrected chi connectivity index (χ4v) is 6.71. The van der Waals surface area contributed by atoms with E-state index in [0.717, 1.165) is 25.3 Å².